The van der Waals surface area contributed by atoms with Crippen LogP contribution in [0.2, 0.25) is 0 Å². The number of rotatable bonds is 3. The van der Waals surface area contributed by atoms with Gasteiger partial charge in [0.05, 0.1) is 10.8 Å². The lowest BCUT2D eigenvalue weighted by molar-refractivity contribution is -0.492. The van der Waals surface area contributed by atoms with Crippen molar-refractivity contribution in [1.29, 1.82) is 0 Å². The van der Waals surface area contributed by atoms with Crippen molar-refractivity contribution >= 4 is 11.4 Å². The van der Waals surface area contributed by atoms with Crippen molar-refractivity contribution in [3.63, 3.8) is 0 Å². The molecule has 0 bridgehead atoms. The molecule has 4 rings (SSSR count). The van der Waals surface area contributed by atoms with Crippen LogP contribution in [-0.4, -0.2) is 21.9 Å². The van der Waals surface area contributed by atoms with Gasteiger partial charge >= 0.3 is 0 Å². The number of hydrogen-bond acceptors (Lipinski definition) is 3. The van der Waals surface area contributed by atoms with Gasteiger partial charge in [-0.25, -0.2) is 0 Å². The third kappa shape index (κ3) is 3.56. The van der Waals surface area contributed by atoms with Crippen LogP contribution in [0.15, 0.2) is 83.3 Å². The maximum Gasteiger partial charge on any atom is 0.231 e. The van der Waals surface area contributed by atoms with Gasteiger partial charge in [0.15, 0.2) is 12.2 Å². The van der Waals surface area contributed by atoms with Crippen molar-refractivity contribution in [3.8, 4) is 11.3 Å². The molecule has 2 aromatic carbocycles. The van der Waals surface area contributed by atoms with Crippen molar-refractivity contribution in [2.45, 2.75) is 26.2 Å². The van der Waals surface area contributed by atoms with Crippen LogP contribution in [0.4, 0.5) is 5.69 Å². The van der Waals surface area contributed by atoms with Gasteiger partial charge in [-0.15, -0.1) is 4.70 Å². The van der Waals surface area contributed by atoms with E-state index < -0.39 is 0 Å². The molecular formula is C23H23N4+. The van der Waals surface area contributed by atoms with Crippen LogP contribution in [0, 0.1) is 0 Å². The average molecular weight is 355 g/mol. The Hall–Kier alpha value is -3.14. The molecule has 0 amide bonds. The van der Waals surface area contributed by atoms with Gasteiger partial charge in [0.2, 0.25) is 5.71 Å². The quantitative estimate of drug-likeness (QED) is 0.567. The Morgan fingerprint density at radius 3 is 2.48 bits per heavy atom. The fraction of sp³-hybridized carbons (Fsp3) is 0.217. The van der Waals surface area contributed by atoms with Crippen LogP contribution in [0.5, 0.6) is 0 Å². The second-order valence-electron chi connectivity index (χ2n) is 7.75. The zero-order valence-corrected chi connectivity index (χ0v) is 15.9. The van der Waals surface area contributed by atoms with Crippen molar-refractivity contribution in [2.75, 3.05) is 6.54 Å². The number of aromatic nitrogens is 1. The molecule has 0 saturated heterocycles. The number of benzene rings is 2. The minimum absolute atomic E-state index is 0.0609. The smallest absolute Gasteiger partial charge is 0.231 e. The molecular weight excluding hydrogens is 332 g/mol. The lowest BCUT2D eigenvalue weighted by atomic mass is 9.82. The second-order valence-corrected chi connectivity index (χ2v) is 7.75. The van der Waals surface area contributed by atoms with Crippen LogP contribution in [0.25, 0.3) is 11.3 Å². The summed E-state index contributed by atoms with van der Waals surface area (Å²) in [5, 5.41) is 8.91. The van der Waals surface area contributed by atoms with Crippen LogP contribution in [0.1, 0.15) is 31.9 Å². The van der Waals surface area contributed by atoms with Gasteiger partial charge in [-0.3, -0.25) is 4.98 Å². The summed E-state index contributed by atoms with van der Waals surface area (Å²) in [5.74, 6) is 0. The third-order valence-electron chi connectivity index (χ3n) is 4.72. The highest BCUT2D eigenvalue weighted by atomic mass is 15.5. The first kappa shape index (κ1) is 17.3. The molecule has 134 valence electrons. The first-order valence-corrected chi connectivity index (χ1v) is 9.19. The predicted octanol–water partition coefficient (Wildman–Crippen LogP) is 5.56. The molecule has 0 atom stereocenters. The minimum Gasteiger partial charge on any atom is -0.256 e. The van der Waals surface area contributed by atoms with E-state index >= 15 is 0 Å². The molecule has 4 heteroatoms. The van der Waals surface area contributed by atoms with E-state index in [1.54, 1.807) is 0 Å². The standard InChI is InChI=1S/C23H23N4/c1-23(2,3)20-12-5-4-11-19(20)22-16-27(26-25-22)18-10-8-9-17(15-18)21-13-6-7-14-24-21/h4-15H,16H2,1-3H3/q+1. The van der Waals surface area contributed by atoms with Gasteiger partial charge in [-0.1, -0.05) is 63.2 Å². The summed E-state index contributed by atoms with van der Waals surface area (Å²) >= 11 is 0. The molecule has 0 saturated carbocycles. The third-order valence-corrected chi connectivity index (χ3v) is 4.72. The molecule has 1 aromatic heterocycles. The van der Waals surface area contributed by atoms with E-state index in [2.05, 4.69) is 78.5 Å². The van der Waals surface area contributed by atoms with E-state index in [-0.39, 0.29) is 5.41 Å². The minimum atomic E-state index is 0.0609. The summed E-state index contributed by atoms with van der Waals surface area (Å²) in [4.78, 5) is 4.44. The predicted molar refractivity (Wildman–Crippen MR) is 109 cm³/mol. The van der Waals surface area contributed by atoms with Crippen LogP contribution in [-0.2, 0) is 5.41 Å². The molecule has 0 aliphatic carbocycles. The first-order chi connectivity index (χ1) is 13.0. The highest BCUT2D eigenvalue weighted by Crippen LogP contribution is 2.29. The van der Waals surface area contributed by atoms with E-state index in [0.29, 0.717) is 6.54 Å². The van der Waals surface area contributed by atoms with Gasteiger partial charge in [-0.2, -0.15) is 0 Å². The average Bonchev–Trinajstić information content (AvgIpc) is 3.18. The Kier molecular flexibility index (Phi) is 4.40. The number of nitrogens with zero attached hydrogens (tertiary/aromatic N) is 4. The van der Waals surface area contributed by atoms with Crippen molar-refractivity contribution < 1.29 is 4.70 Å². The molecule has 2 heterocycles. The van der Waals surface area contributed by atoms with Gasteiger partial charge in [0.25, 0.3) is 0 Å². The molecule has 3 aromatic rings. The molecule has 0 spiro atoms. The maximum atomic E-state index is 4.49. The first-order valence-electron chi connectivity index (χ1n) is 9.19. The monoisotopic (exact) mass is 355 g/mol. The van der Waals surface area contributed by atoms with E-state index in [9.17, 15) is 0 Å². The zero-order chi connectivity index (χ0) is 18.9. The molecule has 4 nitrogen and oxygen atoms in total. The maximum absolute atomic E-state index is 4.49. The van der Waals surface area contributed by atoms with Gasteiger partial charge in [-0.05, 0) is 35.2 Å². The fourth-order valence-corrected chi connectivity index (χ4v) is 3.34. The molecule has 0 fully saturated rings. The van der Waals surface area contributed by atoms with Gasteiger partial charge in [0.1, 0.15) is 5.22 Å². The van der Waals surface area contributed by atoms with Crippen LogP contribution >= 0.6 is 0 Å². The molecule has 0 N–H and O–H groups in total. The normalized spacial score (nSPS) is 14.0. The topological polar surface area (TPSA) is 40.6 Å². The Balaban J connectivity index is 1.61. The highest BCUT2D eigenvalue weighted by Gasteiger charge is 2.28. The van der Waals surface area contributed by atoms with Crippen molar-refractivity contribution in [1.82, 2.24) is 4.98 Å². The molecule has 1 aliphatic heterocycles. The largest absolute Gasteiger partial charge is 0.256 e. The van der Waals surface area contributed by atoms with E-state index in [4.69, 9.17) is 0 Å². The van der Waals surface area contributed by atoms with E-state index in [1.807, 2.05) is 35.2 Å². The van der Waals surface area contributed by atoms with Crippen molar-refractivity contribution in [3.05, 3.63) is 84.1 Å². The summed E-state index contributed by atoms with van der Waals surface area (Å²) in [5.41, 5.74) is 6.59. The van der Waals surface area contributed by atoms with Crippen molar-refractivity contribution in [2.24, 2.45) is 10.3 Å². The van der Waals surface area contributed by atoms with Gasteiger partial charge in [0, 0.05) is 17.3 Å². The Morgan fingerprint density at radius 2 is 1.70 bits per heavy atom. The fourth-order valence-electron chi connectivity index (χ4n) is 3.34. The van der Waals surface area contributed by atoms with E-state index in [1.165, 1.54) is 11.1 Å². The summed E-state index contributed by atoms with van der Waals surface area (Å²) in [6.45, 7) is 7.35. The number of pyridine rings is 1. The summed E-state index contributed by atoms with van der Waals surface area (Å²) in [6.07, 6.45) is 1.81. The summed E-state index contributed by atoms with van der Waals surface area (Å²) in [6, 6.07) is 22.7. The van der Waals surface area contributed by atoms with Crippen LogP contribution < -0.4 is 0 Å². The lowest BCUT2D eigenvalue weighted by Crippen LogP contribution is -2.20. The Morgan fingerprint density at radius 1 is 0.889 bits per heavy atom. The SMILES string of the molecule is CC(C)(C)c1ccccc1C1=NN=[N+](c2cccc(-c3ccccn3)c2)C1. The molecule has 0 radical (unpaired) electrons. The molecule has 1 aliphatic rings. The second kappa shape index (κ2) is 6.88. The molecule has 0 unspecified atom stereocenters. The molecule has 27 heavy (non-hydrogen) atoms. The van der Waals surface area contributed by atoms with Gasteiger partial charge < -0.3 is 0 Å². The van der Waals surface area contributed by atoms with Crippen LogP contribution in [0.3, 0.4) is 0 Å². The van der Waals surface area contributed by atoms with E-state index in [0.717, 1.165) is 22.7 Å². The summed E-state index contributed by atoms with van der Waals surface area (Å²) in [7, 11) is 0. The Bertz CT molecular complexity index is 1030. The summed E-state index contributed by atoms with van der Waals surface area (Å²) < 4.78 is 1.95. The number of hydrogen-bond donors (Lipinski definition) is 0. The highest BCUT2D eigenvalue weighted by molar-refractivity contribution is 6.03. The lowest BCUT2D eigenvalue weighted by Gasteiger charge is -2.21. The zero-order valence-electron chi connectivity index (χ0n) is 15.9. The Labute approximate surface area is 159 Å².